The zero-order valence-electron chi connectivity index (χ0n) is 8.23. The molecule has 0 unspecified atom stereocenters. The molecule has 1 aromatic rings. The molecule has 3 heteroatoms. The smallest absolute Gasteiger partial charge is 0.0582 e. The molecule has 1 aliphatic rings. The molecule has 0 bridgehead atoms. The van der Waals surface area contributed by atoms with E-state index >= 15 is 0 Å². The molecule has 0 aliphatic heterocycles. The van der Waals surface area contributed by atoms with Crippen LogP contribution in [0.15, 0.2) is 29.2 Å². The first-order chi connectivity index (χ1) is 6.64. The maximum atomic E-state index is 9.26. The van der Waals surface area contributed by atoms with E-state index in [4.69, 9.17) is 5.73 Å². The molecule has 1 aliphatic carbocycles. The molecule has 0 saturated heterocycles. The first kappa shape index (κ1) is 10.0. The van der Waals surface area contributed by atoms with Gasteiger partial charge in [0.25, 0.3) is 0 Å². The van der Waals surface area contributed by atoms with Crippen molar-refractivity contribution in [1.29, 1.82) is 0 Å². The van der Waals surface area contributed by atoms with Crippen molar-refractivity contribution in [3.05, 3.63) is 29.8 Å². The van der Waals surface area contributed by atoms with Crippen LogP contribution in [0.5, 0.6) is 0 Å². The zero-order valence-corrected chi connectivity index (χ0v) is 9.05. The lowest BCUT2D eigenvalue weighted by atomic mass is 9.71. The Kier molecular flexibility index (Phi) is 2.56. The van der Waals surface area contributed by atoms with E-state index in [0.717, 1.165) is 5.56 Å². The minimum absolute atomic E-state index is 0.208. The summed E-state index contributed by atoms with van der Waals surface area (Å²) in [4.78, 5) is 1.25. The molecule has 3 N–H and O–H groups in total. The third-order valence-electron chi connectivity index (χ3n) is 2.86. The van der Waals surface area contributed by atoms with E-state index in [1.54, 1.807) is 11.8 Å². The Hall–Kier alpha value is -0.510. The molecule has 2 rings (SSSR count). The fraction of sp³-hybridized carbons (Fsp3) is 0.455. The summed E-state index contributed by atoms with van der Waals surface area (Å²) in [6, 6.07) is 8.30. The molecule has 1 saturated carbocycles. The van der Waals surface area contributed by atoms with Gasteiger partial charge in [0, 0.05) is 10.4 Å². The van der Waals surface area contributed by atoms with E-state index in [-0.39, 0.29) is 11.6 Å². The molecule has 14 heavy (non-hydrogen) atoms. The molecular weight excluding hydrogens is 194 g/mol. The summed E-state index contributed by atoms with van der Waals surface area (Å²) in [6.45, 7) is 0. The van der Waals surface area contributed by atoms with Crippen LogP contribution in [0.25, 0.3) is 0 Å². The van der Waals surface area contributed by atoms with Gasteiger partial charge in [0.05, 0.1) is 6.10 Å². The van der Waals surface area contributed by atoms with Gasteiger partial charge in [0.15, 0.2) is 0 Å². The molecule has 1 fully saturated rings. The second-order valence-corrected chi connectivity index (χ2v) is 4.83. The lowest BCUT2D eigenvalue weighted by Crippen LogP contribution is -2.51. The number of aliphatic hydroxyl groups excluding tert-OH is 1. The number of aliphatic hydroxyl groups is 1. The van der Waals surface area contributed by atoms with Crippen LogP contribution in [-0.2, 0) is 5.54 Å². The van der Waals surface area contributed by atoms with E-state index in [9.17, 15) is 5.11 Å². The summed E-state index contributed by atoms with van der Waals surface area (Å²) in [7, 11) is 0. The molecule has 0 amide bonds. The number of hydrogen-bond donors (Lipinski definition) is 2. The van der Waals surface area contributed by atoms with Gasteiger partial charge in [-0.15, -0.1) is 11.8 Å². The van der Waals surface area contributed by atoms with Crippen LogP contribution in [0.4, 0.5) is 0 Å². The second kappa shape index (κ2) is 3.57. The highest BCUT2D eigenvalue weighted by Gasteiger charge is 2.41. The summed E-state index contributed by atoms with van der Waals surface area (Å²) in [6.07, 6.45) is 3.22. The third kappa shape index (κ3) is 1.67. The highest BCUT2D eigenvalue weighted by atomic mass is 32.2. The number of nitrogens with two attached hydrogens (primary N) is 1. The minimum atomic E-state index is -0.281. The quantitative estimate of drug-likeness (QED) is 0.729. The molecule has 1 aromatic carbocycles. The standard InChI is InChI=1S/C11H15NOS/c1-14-10-4-2-8(3-5-10)11(12)6-9(13)7-11/h2-5,9,13H,6-7,12H2,1H3. The maximum Gasteiger partial charge on any atom is 0.0582 e. The van der Waals surface area contributed by atoms with E-state index < -0.39 is 0 Å². The topological polar surface area (TPSA) is 46.2 Å². The third-order valence-corrected chi connectivity index (χ3v) is 3.61. The molecule has 0 heterocycles. The summed E-state index contributed by atoms with van der Waals surface area (Å²) in [5.74, 6) is 0. The molecule has 0 spiro atoms. The Labute approximate surface area is 88.5 Å². The van der Waals surface area contributed by atoms with Gasteiger partial charge >= 0.3 is 0 Å². The van der Waals surface area contributed by atoms with Gasteiger partial charge in [0.1, 0.15) is 0 Å². The van der Waals surface area contributed by atoms with Crippen molar-refractivity contribution in [2.75, 3.05) is 6.26 Å². The number of benzene rings is 1. The Balaban J connectivity index is 2.17. The van der Waals surface area contributed by atoms with E-state index in [1.165, 1.54) is 4.90 Å². The van der Waals surface area contributed by atoms with Gasteiger partial charge in [-0.1, -0.05) is 12.1 Å². The number of thioether (sulfide) groups is 1. The van der Waals surface area contributed by atoms with Crippen LogP contribution in [-0.4, -0.2) is 17.5 Å². The monoisotopic (exact) mass is 209 g/mol. The molecule has 0 radical (unpaired) electrons. The van der Waals surface area contributed by atoms with Crippen molar-refractivity contribution in [3.8, 4) is 0 Å². The lowest BCUT2D eigenvalue weighted by molar-refractivity contribution is 0.0209. The Bertz CT molecular complexity index is 317. The Morgan fingerprint density at radius 2 is 1.93 bits per heavy atom. The molecule has 0 atom stereocenters. The Morgan fingerprint density at radius 1 is 1.36 bits per heavy atom. The van der Waals surface area contributed by atoms with Gasteiger partial charge in [-0.25, -0.2) is 0 Å². The van der Waals surface area contributed by atoms with Gasteiger partial charge in [0.2, 0.25) is 0 Å². The highest BCUT2D eigenvalue weighted by Crippen LogP contribution is 2.39. The van der Waals surface area contributed by atoms with Crippen molar-refractivity contribution in [3.63, 3.8) is 0 Å². The summed E-state index contributed by atoms with van der Waals surface area (Å²) < 4.78 is 0. The fourth-order valence-electron chi connectivity index (χ4n) is 1.94. The summed E-state index contributed by atoms with van der Waals surface area (Å²) >= 11 is 1.72. The maximum absolute atomic E-state index is 9.26. The fourth-order valence-corrected chi connectivity index (χ4v) is 2.35. The SMILES string of the molecule is CSc1ccc(C2(N)CC(O)C2)cc1. The molecule has 2 nitrogen and oxygen atoms in total. The summed E-state index contributed by atoms with van der Waals surface area (Å²) in [5, 5.41) is 9.26. The molecule has 0 aromatic heterocycles. The van der Waals surface area contributed by atoms with Gasteiger partial charge in [-0.2, -0.15) is 0 Å². The molecule has 76 valence electrons. The van der Waals surface area contributed by atoms with Gasteiger partial charge in [-0.3, -0.25) is 0 Å². The van der Waals surface area contributed by atoms with Crippen LogP contribution in [0.3, 0.4) is 0 Å². The lowest BCUT2D eigenvalue weighted by Gasteiger charge is -2.42. The predicted molar refractivity (Wildman–Crippen MR) is 59.3 cm³/mol. The van der Waals surface area contributed by atoms with Crippen molar-refractivity contribution >= 4 is 11.8 Å². The first-order valence-corrected chi connectivity index (χ1v) is 5.98. The van der Waals surface area contributed by atoms with Crippen LogP contribution in [0.2, 0.25) is 0 Å². The number of rotatable bonds is 2. The summed E-state index contributed by atoms with van der Waals surface area (Å²) in [5.41, 5.74) is 7.00. The van der Waals surface area contributed by atoms with Crippen LogP contribution in [0.1, 0.15) is 18.4 Å². The van der Waals surface area contributed by atoms with Crippen molar-refractivity contribution in [1.82, 2.24) is 0 Å². The highest BCUT2D eigenvalue weighted by molar-refractivity contribution is 7.98. The largest absolute Gasteiger partial charge is 0.393 e. The normalized spacial score (nSPS) is 31.2. The van der Waals surface area contributed by atoms with Gasteiger partial charge in [-0.05, 0) is 36.8 Å². The zero-order chi connectivity index (χ0) is 10.2. The number of hydrogen-bond acceptors (Lipinski definition) is 3. The van der Waals surface area contributed by atoms with E-state index in [2.05, 4.69) is 30.5 Å². The van der Waals surface area contributed by atoms with E-state index in [0.29, 0.717) is 12.8 Å². The first-order valence-electron chi connectivity index (χ1n) is 4.75. The van der Waals surface area contributed by atoms with Gasteiger partial charge < -0.3 is 10.8 Å². The van der Waals surface area contributed by atoms with Crippen LogP contribution >= 0.6 is 11.8 Å². The van der Waals surface area contributed by atoms with Crippen molar-refractivity contribution in [2.45, 2.75) is 29.4 Å². The minimum Gasteiger partial charge on any atom is -0.393 e. The van der Waals surface area contributed by atoms with Crippen molar-refractivity contribution in [2.24, 2.45) is 5.73 Å². The van der Waals surface area contributed by atoms with E-state index in [1.807, 2.05) is 0 Å². The Morgan fingerprint density at radius 3 is 2.36 bits per heavy atom. The average Bonchev–Trinajstić information content (AvgIpc) is 2.16. The average molecular weight is 209 g/mol. The molecular formula is C11H15NOS. The van der Waals surface area contributed by atoms with Crippen molar-refractivity contribution < 1.29 is 5.11 Å². The second-order valence-electron chi connectivity index (χ2n) is 3.95. The van der Waals surface area contributed by atoms with Crippen LogP contribution in [0, 0.1) is 0 Å². The predicted octanol–water partition coefficient (Wildman–Crippen LogP) is 1.72. The van der Waals surface area contributed by atoms with Crippen LogP contribution < -0.4 is 5.73 Å².